The highest BCUT2D eigenvalue weighted by Gasteiger charge is 2.20. The first-order valence-electron chi connectivity index (χ1n) is 7.87. The molecule has 2 aromatic carbocycles. The summed E-state index contributed by atoms with van der Waals surface area (Å²) in [6, 6.07) is 11.0. The Morgan fingerprint density at radius 1 is 1.19 bits per heavy atom. The van der Waals surface area contributed by atoms with Crippen LogP contribution in [-0.2, 0) is 10.0 Å². The molecule has 1 aromatic heterocycles. The van der Waals surface area contributed by atoms with Gasteiger partial charge in [0, 0.05) is 10.7 Å². The summed E-state index contributed by atoms with van der Waals surface area (Å²) in [5.41, 5.74) is 0.429. The van der Waals surface area contributed by atoms with Gasteiger partial charge in [-0.05, 0) is 31.2 Å². The molecule has 0 amide bonds. The molecule has 0 aliphatic carbocycles. The highest BCUT2D eigenvalue weighted by Crippen LogP contribution is 2.36. The molecule has 0 spiro atoms. The average molecular weight is 473 g/mol. The normalized spacial score (nSPS) is 11.5. The van der Waals surface area contributed by atoms with Crippen molar-refractivity contribution in [3.63, 3.8) is 0 Å². The van der Waals surface area contributed by atoms with E-state index in [4.69, 9.17) is 20.8 Å². The fraction of sp³-hybridized carbons (Fsp3) is 0.167. The largest absolute Gasteiger partial charge is 0.463 e. The van der Waals surface area contributed by atoms with Crippen LogP contribution in [0.2, 0.25) is 5.02 Å². The maximum Gasteiger partial charge on any atom is 0.346 e. The second kappa shape index (κ2) is 7.92. The number of ether oxygens (including phenoxy) is 1. The molecule has 0 atom stereocenters. The highest BCUT2D eigenvalue weighted by atomic mass is 79.9. The van der Waals surface area contributed by atoms with Gasteiger partial charge < -0.3 is 9.15 Å². The van der Waals surface area contributed by atoms with Gasteiger partial charge >= 0.3 is 11.6 Å². The fourth-order valence-corrected chi connectivity index (χ4v) is 4.01. The van der Waals surface area contributed by atoms with E-state index in [-0.39, 0.29) is 38.9 Å². The summed E-state index contributed by atoms with van der Waals surface area (Å²) in [6.45, 7) is 2.09. The number of aryl methyl sites for hydroxylation is 1. The number of hydrogen-bond acceptors (Lipinski definition) is 5. The van der Waals surface area contributed by atoms with Crippen molar-refractivity contribution >= 4 is 54.0 Å². The van der Waals surface area contributed by atoms with Crippen LogP contribution in [-0.4, -0.2) is 20.4 Å². The van der Waals surface area contributed by atoms with Crippen molar-refractivity contribution < 1.29 is 17.6 Å². The second-order valence-electron chi connectivity index (χ2n) is 5.68. The van der Waals surface area contributed by atoms with Gasteiger partial charge in [0.2, 0.25) is 0 Å². The van der Waals surface area contributed by atoms with E-state index in [0.29, 0.717) is 5.33 Å². The first kappa shape index (κ1) is 19.7. The molecule has 0 fully saturated rings. The minimum absolute atomic E-state index is 0.0211. The van der Waals surface area contributed by atoms with Gasteiger partial charge in [-0.15, -0.1) is 0 Å². The third-order valence-electron chi connectivity index (χ3n) is 3.75. The van der Waals surface area contributed by atoms with Crippen molar-refractivity contribution in [2.75, 3.05) is 16.7 Å². The van der Waals surface area contributed by atoms with Gasteiger partial charge in [-0.25, -0.2) is 13.2 Å². The molecular formula is C18H15BrClNO5S. The zero-order chi connectivity index (χ0) is 19.6. The van der Waals surface area contributed by atoms with Gasteiger partial charge in [-0.1, -0.05) is 51.3 Å². The van der Waals surface area contributed by atoms with Gasteiger partial charge in [0.25, 0.3) is 10.0 Å². The van der Waals surface area contributed by atoms with E-state index >= 15 is 0 Å². The van der Waals surface area contributed by atoms with Crippen molar-refractivity contribution in [1.82, 2.24) is 0 Å². The van der Waals surface area contributed by atoms with E-state index in [1.807, 2.05) is 6.92 Å². The number of fused-ring (bicyclic) bond motifs is 1. The third kappa shape index (κ3) is 4.12. The zero-order valence-electron chi connectivity index (χ0n) is 14.2. The molecule has 27 heavy (non-hydrogen) atoms. The molecule has 1 heterocycles. The molecule has 9 heteroatoms. The van der Waals surface area contributed by atoms with Crippen LogP contribution in [0.1, 0.15) is 5.56 Å². The van der Waals surface area contributed by atoms with Crippen LogP contribution < -0.4 is 15.1 Å². The predicted molar refractivity (Wildman–Crippen MR) is 109 cm³/mol. The minimum Gasteiger partial charge on any atom is -0.463 e. The van der Waals surface area contributed by atoms with Crippen LogP contribution in [0, 0.1) is 6.92 Å². The highest BCUT2D eigenvalue weighted by molar-refractivity contribution is 9.09. The minimum atomic E-state index is -3.87. The van der Waals surface area contributed by atoms with Crippen LogP contribution >= 0.6 is 27.5 Å². The van der Waals surface area contributed by atoms with Crippen molar-refractivity contribution in [2.45, 2.75) is 11.8 Å². The SMILES string of the molecule is Cc1ccc(S(=O)(=O)Nc2cccc3c(=O)oc(OCCBr)c(Cl)c23)cc1. The molecule has 0 aliphatic rings. The number of sulfonamides is 1. The number of halogens is 2. The lowest BCUT2D eigenvalue weighted by Crippen LogP contribution is -2.14. The first-order chi connectivity index (χ1) is 12.8. The predicted octanol–water partition coefficient (Wildman–Crippen LogP) is 4.33. The smallest absolute Gasteiger partial charge is 0.346 e. The van der Waals surface area contributed by atoms with Crippen LogP contribution in [0.4, 0.5) is 5.69 Å². The molecule has 0 unspecified atom stereocenters. The summed E-state index contributed by atoms with van der Waals surface area (Å²) in [6.07, 6.45) is 0. The summed E-state index contributed by atoms with van der Waals surface area (Å²) in [7, 11) is -3.87. The molecule has 6 nitrogen and oxygen atoms in total. The van der Waals surface area contributed by atoms with E-state index in [2.05, 4.69) is 20.7 Å². The van der Waals surface area contributed by atoms with Gasteiger partial charge in [0.05, 0.1) is 16.0 Å². The molecule has 0 aliphatic heterocycles. The summed E-state index contributed by atoms with van der Waals surface area (Å²) < 4.78 is 38.4. The summed E-state index contributed by atoms with van der Waals surface area (Å²) in [4.78, 5) is 12.3. The van der Waals surface area contributed by atoms with E-state index in [1.165, 1.54) is 24.3 Å². The first-order valence-corrected chi connectivity index (χ1v) is 10.9. The molecule has 3 aromatic rings. The van der Waals surface area contributed by atoms with Crippen molar-refractivity contribution in [3.05, 3.63) is 63.5 Å². The van der Waals surface area contributed by atoms with Gasteiger partial charge in [0.15, 0.2) is 0 Å². The molecule has 1 N–H and O–H groups in total. The van der Waals surface area contributed by atoms with Crippen molar-refractivity contribution in [3.8, 4) is 5.95 Å². The van der Waals surface area contributed by atoms with Crippen LogP contribution in [0.5, 0.6) is 5.95 Å². The van der Waals surface area contributed by atoms with Gasteiger partial charge in [-0.2, -0.15) is 0 Å². The average Bonchev–Trinajstić information content (AvgIpc) is 2.63. The Hall–Kier alpha value is -2.03. The monoisotopic (exact) mass is 471 g/mol. The second-order valence-corrected chi connectivity index (χ2v) is 8.53. The van der Waals surface area contributed by atoms with Crippen molar-refractivity contribution in [1.29, 1.82) is 0 Å². The Labute approximate surface area is 169 Å². The molecule has 142 valence electrons. The Bertz CT molecular complexity index is 1140. The van der Waals surface area contributed by atoms with Gasteiger partial charge in [0.1, 0.15) is 11.6 Å². The Balaban J connectivity index is 2.12. The lowest BCUT2D eigenvalue weighted by Gasteiger charge is -2.13. The Kier molecular flexibility index (Phi) is 5.78. The summed E-state index contributed by atoms with van der Waals surface area (Å²) in [5.74, 6) is -0.157. The summed E-state index contributed by atoms with van der Waals surface area (Å²) in [5, 5.41) is 0.894. The molecule has 0 saturated carbocycles. The molecule has 3 rings (SSSR count). The van der Waals surface area contributed by atoms with Crippen molar-refractivity contribution in [2.24, 2.45) is 0 Å². The number of hydrogen-bond donors (Lipinski definition) is 1. The molecule has 0 radical (unpaired) electrons. The molecule has 0 bridgehead atoms. The number of alkyl halides is 1. The standard InChI is InChI=1S/C18H15BrClNO5S/c1-11-5-7-12(8-6-11)27(23,24)21-14-4-2-3-13-15(14)16(20)18(25-10-9-19)26-17(13)22/h2-8,21H,9-10H2,1H3. The number of benzene rings is 2. The van der Waals surface area contributed by atoms with Crippen LogP contribution in [0.25, 0.3) is 10.8 Å². The lowest BCUT2D eigenvalue weighted by molar-refractivity contribution is 0.249. The maximum absolute atomic E-state index is 12.7. The number of rotatable bonds is 6. The van der Waals surface area contributed by atoms with E-state index in [9.17, 15) is 13.2 Å². The zero-order valence-corrected chi connectivity index (χ0v) is 17.3. The topological polar surface area (TPSA) is 85.6 Å². The Morgan fingerprint density at radius 3 is 2.56 bits per heavy atom. The van der Waals surface area contributed by atoms with E-state index in [1.54, 1.807) is 18.2 Å². The molecular weight excluding hydrogens is 458 g/mol. The van der Waals surface area contributed by atoms with Gasteiger partial charge in [-0.3, -0.25) is 4.72 Å². The van der Waals surface area contributed by atoms with Crippen LogP contribution in [0.15, 0.2) is 56.6 Å². The van der Waals surface area contributed by atoms with Crippen LogP contribution in [0.3, 0.4) is 0 Å². The Morgan fingerprint density at radius 2 is 1.89 bits per heavy atom. The lowest BCUT2D eigenvalue weighted by atomic mass is 10.1. The number of nitrogens with one attached hydrogen (secondary N) is 1. The van der Waals surface area contributed by atoms with E-state index in [0.717, 1.165) is 5.56 Å². The fourth-order valence-electron chi connectivity index (χ4n) is 2.48. The molecule has 0 saturated heterocycles. The summed E-state index contributed by atoms with van der Waals surface area (Å²) >= 11 is 9.55. The van der Waals surface area contributed by atoms with E-state index < -0.39 is 15.6 Å². The maximum atomic E-state index is 12.7. The number of anilines is 1. The third-order valence-corrected chi connectivity index (χ3v) is 5.80. The quantitative estimate of drug-likeness (QED) is 0.540.